The van der Waals surface area contributed by atoms with Gasteiger partial charge in [0.25, 0.3) is 0 Å². The SMILES string of the molecule is [2H]c1c(C)[n+](C)c(-c2cc(C)ccc2C)c2ccc(C(C)C)nc12. The van der Waals surface area contributed by atoms with Crippen LogP contribution in [0.3, 0.4) is 0 Å². The Morgan fingerprint density at radius 3 is 2.52 bits per heavy atom. The van der Waals surface area contributed by atoms with Crippen molar-refractivity contribution in [2.24, 2.45) is 7.05 Å². The first-order chi connectivity index (χ1) is 11.3. The van der Waals surface area contributed by atoms with Crippen LogP contribution in [0.4, 0.5) is 0 Å². The van der Waals surface area contributed by atoms with Crippen LogP contribution >= 0.6 is 0 Å². The van der Waals surface area contributed by atoms with Crippen molar-refractivity contribution in [3.05, 3.63) is 58.9 Å². The number of pyridine rings is 2. The largest absolute Gasteiger partial charge is 0.252 e. The average molecular weight is 306 g/mol. The first-order valence-electron chi connectivity index (χ1n) is 8.68. The number of nitrogens with zero attached hydrogens (tertiary/aromatic N) is 2. The normalized spacial score (nSPS) is 12.0. The van der Waals surface area contributed by atoms with E-state index in [1.807, 2.05) is 14.0 Å². The highest BCUT2D eigenvalue weighted by molar-refractivity contribution is 5.91. The molecule has 0 unspecified atom stereocenters. The molecular formula is C21H25N2+. The molecule has 0 spiro atoms. The molecule has 0 bridgehead atoms. The molecule has 0 radical (unpaired) electrons. The van der Waals surface area contributed by atoms with Gasteiger partial charge in [0.05, 0.1) is 17.8 Å². The van der Waals surface area contributed by atoms with Crippen molar-refractivity contribution in [1.82, 2.24) is 4.98 Å². The third-order valence-corrected chi connectivity index (χ3v) is 4.55. The second-order valence-electron chi connectivity index (χ2n) is 6.72. The van der Waals surface area contributed by atoms with E-state index in [0.717, 1.165) is 28.0 Å². The summed E-state index contributed by atoms with van der Waals surface area (Å²) in [5.74, 6) is 0.354. The highest BCUT2D eigenvalue weighted by Gasteiger charge is 2.20. The van der Waals surface area contributed by atoms with Gasteiger partial charge in [-0.15, -0.1) is 0 Å². The molecule has 0 aliphatic rings. The topological polar surface area (TPSA) is 16.8 Å². The van der Waals surface area contributed by atoms with Crippen molar-refractivity contribution in [3.63, 3.8) is 0 Å². The Labute approximate surface area is 140 Å². The zero-order valence-electron chi connectivity index (χ0n) is 15.9. The van der Waals surface area contributed by atoms with Crippen molar-refractivity contribution < 1.29 is 5.94 Å². The molecule has 0 aliphatic carbocycles. The van der Waals surface area contributed by atoms with E-state index in [2.05, 4.69) is 62.6 Å². The maximum absolute atomic E-state index is 8.54. The van der Waals surface area contributed by atoms with Gasteiger partial charge in [-0.3, -0.25) is 4.98 Å². The molecular weight excluding hydrogens is 280 g/mol. The van der Waals surface area contributed by atoms with Crippen molar-refractivity contribution in [3.8, 4) is 11.3 Å². The van der Waals surface area contributed by atoms with Crippen molar-refractivity contribution in [2.75, 3.05) is 0 Å². The van der Waals surface area contributed by atoms with Gasteiger partial charge in [0.1, 0.15) is 7.05 Å². The number of aryl methyl sites for hydroxylation is 2. The van der Waals surface area contributed by atoms with Gasteiger partial charge in [0.2, 0.25) is 5.69 Å². The predicted octanol–water partition coefficient (Wildman–Crippen LogP) is 4.77. The fraction of sp³-hybridized carbons (Fsp3) is 0.333. The molecule has 0 aliphatic heterocycles. The zero-order valence-corrected chi connectivity index (χ0v) is 14.9. The molecule has 2 heteroatoms. The van der Waals surface area contributed by atoms with E-state index in [9.17, 15) is 0 Å². The van der Waals surface area contributed by atoms with Crippen LogP contribution in [0.25, 0.3) is 22.2 Å². The summed E-state index contributed by atoms with van der Waals surface area (Å²) in [7, 11) is 2.04. The van der Waals surface area contributed by atoms with Gasteiger partial charge in [0, 0.05) is 18.7 Å². The maximum Gasteiger partial charge on any atom is 0.222 e. The summed E-state index contributed by atoms with van der Waals surface area (Å²) in [4.78, 5) is 4.81. The highest BCUT2D eigenvalue weighted by Crippen LogP contribution is 2.29. The second kappa shape index (κ2) is 5.77. The van der Waals surface area contributed by atoms with Gasteiger partial charge < -0.3 is 0 Å². The maximum atomic E-state index is 8.54. The summed E-state index contributed by atoms with van der Waals surface area (Å²) in [6.07, 6.45) is 0. The summed E-state index contributed by atoms with van der Waals surface area (Å²) in [5.41, 5.74) is 7.61. The summed E-state index contributed by atoms with van der Waals surface area (Å²) in [6.45, 7) is 10.5. The standard InChI is InChI=1S/C21H25N2/c1-13(2)19-10-9-17-20(22-19)12-16(5)23(6)21(17)18-11-14(3)7-8-15(18)4/h7-13H,1-6H3/q+1/i12D. The Kier molecular flexibility index (Phi) is 3.60. The van der Waals surface area contributed by atoms with Gasteiger partial charge in [-0.2, -0.15) is 4.57 Å². The molecule has 2 nitrogen and oxygen atoms in total. The van der Waals surface area contributed by atoms with E-state index >= 15 is 0 Å². The lowest BCUT2D eigenvalue weighted by molar-refractivity contribution is -0.665. The quantitative estimate of drug-likeness (QED) is 0.623. The van der Waals surface area contributed by atoms with E-state index in [1.54, 1.807) is 0 Å². The Morgan fingerprint density at radius 1 is 1.09 bits per heavy atom. The molecule has 0 saturated carbocycles. The molecule has 0 N–H and O–H groups in total. The molecule has 0 atom stereocenters. The van der Waals surface area contributed by atoms with E-state index in [1.165, 1.54) is 16.7 Å². The van der Waals surface area contributed by atoms with Gasteiger partial charge in [-0.05, 0) is 43.5 Å². The minimum Gasteiger partial charge on any atom is -0.252 e. The Bertz CT molecular complexity index is 942. The first kappa shape index (κ1) is 14.4. The van der Waals surface area contributed by atoms with Gasteiger partial charge in [0.15, 0.2) is 5.69 Å². The summed E-state index contributed by atoms with van der Waals surface area (Å²) >= 11 is 0. The van der Waals surface area contributed by atoms with Crippen LogP contribution < -0.4 is 4.57 Å². The van der Waals surface area contributed by atoms with Crippen LogP contribution in [0.15, 0.2) is 36.4 Å². The average Bonchev–Trinajstić information content (AvgIpc) is 2.55. The van der Waals surface area contributed by atoms with Crippen LogP contribution in [-0.2, 0) is 7.05 Å². The molecule has 0 amide bonds. The van der Waals surface area contributed by atoms with Crippen LogP contribution in [-0.4, -0.2) is 4.98 Å². The van der Waals surface area contributed by atoms with Crippen LogP contribution in [0.2, 0.25) is 0 Å². The summed E-state index contributed by atoms with van der Waals surface area (Å²) in [6, 6.07) is 11.3. The van der Waals surface area contributed by atoms with Crippen molar-refractivity contribution in [2.45, 2.75) is 40.5 Å². The van der Waals surface area contributed by atoms with Crippen LogP contribution in [0.1, 0.15) is 43.7 Å². The zero-order chi connectivity index (χ0) is 17.6. The minimum atomic E-state index is 0.354. The second-order valence-corrected chi connectivity index (χ2v) is 6.72. The number of aromatic nitrogens is 2. The number of hydrogen-bond acceptors (Lipinski definition) is 1. The van der Waals surface area contributed by atoms with E-state index in [0.29, 0.717) is 12.0 Å². The number of rotatable bonds is 2. The number of benzene rings is 1. The van der Waals surface area contributed by atoms with E-state index < -0.39 is 0 Å². The van der Waals surface area contributed by atoms with Gasteiger partial charge in [-0.25, -0.2) is 0 Å². The molecule has 23 heavy (non-hydrogen) atoms. The van der Waals surface area contributed by atoms with Crippen LogP contribution in [0, 0.1) is 20.8 Å². The molecule has 1 aromatic carbocycles. The van der Waals surface area contributed by atoms with Gasteiger partial charge in [-0.1, -0.05) is 31.5 Å². The molecule has 3 rings (SSSR count). The fourth-order valence-corrected chi connectivity index (χ4v) is 3.00. The van der Waals surface area contributed by atoms with Crippen molar-refractivity contribution >= 4 is 10.9 Å². The molecule has 2 heterocycles. The summed E-state index contributed by atoms with van der Waals surface area (Å²) in [5, 5.41) is 1.05. The molecule has 0 fully saturated rings. The number of hydrogen-bond donors (Lipinski definition) is 0. The molecule has 118 valence electrons. The van der Waals surface area contributed by atoms with E-state index in [-0.39, 0.29) is 0 Å². The molecule has 3 aromatic rings. The summed E-state index contributed by atoms with van der Waals surface area (Å²) < 4.78 is 10.7. The lowest BCUT2D eigenvalue weighted by atomic mass is 9.98. The third kappa shape index (κ3) is 2.74. The fourth-order valence-electron chi connectivity index (χ4n) is 3.00. The first-order valence-corrected chi connectivity index (χ1v) is 8.18. The molecule has 0 saturated heterocycles. The lowest BCUT2D eigenvalue weighted by Gasteiger charge is -2.12. The van der Waals surface area contributed by atoms with Crippen LogP contribution in [0.5, 0.6) is 0 Å². The lowest BCUT2D eigenvalue weighted by Crippen LogP contribution is -2.35. The van der Waals surface area contributed by atoms with E-state index in [4.69, 9.17) is 6.35 Å². The van der Waals surface area contributed by atoms with Crippen molar-refractivity contribution in [1.29, 1.82) is 0 Å². The third-order valence-electron chi connectivity index (χ3n) is 4.55. The molecule has 2 aromatic heterocycles. The Balaban J connectivity index is 2.45. The number of fused-ring (bicyclic) bond motifs is 1. The minimum absolute atomic E-state index is 0.354. The monoisotopic (exact) mass is 306 g/mol. The smallest absolute Gasteiger partial charge is 0.222 e. The predicted molar refractivity (Wildman–Crippen MR) is 96.7 cm³/mol. The Hall–Kier alpha value is -2.22. The Morgan fingerprint density at radius 2 is 1.83 bits per heavy atom. The highest BCUT2D eigenvalue weighted by atomic mass is 14.9. The van der Waals surface area contributed by atoms with Gasteiger partial charge >= 0.3 is 0 Å².